The van der Waals surface area contributed by atoms with E-state index in [1.807, 2.05) is 32.4 Å². The maximum absolute atomic E-state index is 12.9. The number of fused-ring (bicyclic) bond motifs is 2. The van der Waals surface area contributed by atoms with Gasteiger partial charge < -0.3 is 4.90 Å². The maximum atomic E-state index is 12.9. The summed E-state index contributed by atoms with van der Waals surface area (Å²) >= 11 is 1.52. The lowest BCUT2D eigenvalue weighted by atomic mass is 9.95. The highest BCUT2D eigenvalue weighted by atomic mass is 32.1. The first-order valence-electron chi connectivity index (χ1n) is 10.3. The van der Waals surface area contributed by atoms with E-state index in [1.54, 1.807) is 11.1 Å². The van der Waals surface area contributed by atoms with E-state index >= 15 is 0 Å². The largest absolute Gasteiger partial charge is 0.344 e. The van der Waals surface area contributed by atoms with Crippen molar-refractivity contribution in [3.63, 3.8) is 0 Å². The number of rotatable bonds is 4. The summed E-state index contributed by atoms with van der Waals surface area (Å²) in [6.45, 7) is 2.83. The lowest BCUT2D eigenvalue weighted by Crippen LogP contribution is -2.23. The summed E-state index contributed by atoms with van der Waals surface area (Å²) in [7, 11) is 3.64. The average molecular weight is 417 g/mol. The highest BCUT2D eigenvalue weighted by Crippen LogP contribution is 2.40. The van der Waals surface area contributed by atoms with E-state index in [2.05, 4.69) is 45.2 Å². The molecule has 4 heterocycles. The van der Waals surface area contributed by atoms with E-state index in [0.29, 0.717) is 5.92 Å². The second-order valence-electron chi connectivity index (χ2n) is 8.11. The van der Waals surface area contributed by atoms with Crippen molar-refractivity contribution in [2.75, 3.05) is 27.2 Å². The summed E-state index contributed by atoms with van der Waals surface area (Å²) in [6.07, 6.45) is 4.72. The van der Waals surface area contributed by atoms with E-state index in [9.17, 15) is 4.79 Å². The van der Waals surface area contributed by atoms with Crippen LogP contribution in [0.4, 0.5) is 0 Å². The first-order valence-corrected chi connectivity index (χ1v) is 11.1. The number of benzene rings is 1. The van der Waals surface area contributed by atoms with Gasteiger partial charge in [0.2, 0.25) is 0 Å². The summed E-state index contributed by atoms with van der Waals surface area (Å²) in [5.41, 5.74) is 3.52. The number of carbonyl (C=O) groups is 1. The molecule has 0 radical (unpaired) electrons. The second kappa shape index (κ2) is 7.78. The van der Waals surface area contributed by atoms with E-state index in [4.69, 9.17) is 0 Å². The highest BCUT2D eigenvalue weighted by molar-refractivity contribution is 7.20. The predicted molar refractivity (Wildman–Crippen MR) is 122 cm³/mol. The maximum Gasteiger partial charge on any atom is 0.263 e. The molecule has 152 valence electrons. The number of pyridine rings is 2. The molecule has 1 amide bonds. The van der Waals surface area contributed by atoms with Gasteiger partial charge in [-0.15, -0.1) is 11.3 Å². The van der Waals surface area contributed by atoms with Crippen LogP contribution in [-0.4, -0.2) is 52.9 Å². The number of hydrogen-bond donors (Lipinski definition) is 0. The molecule has 1 aliphatic heterocycles. The predicted octanol–water partition coefficient (Wildman–Crippen LogP) is 4.54. The smallest absolute Gasteiger partial charge is 0.263 e. The molecule has 5 nitrogen and oxygen atoms in total. The van der Waals surface area contributed by atoms with Gasteiger partial charge in [0.05, 0.1) is 10.4 Å². The Labute approximate surface area is 180 Å². The Morgan fingerprint density at radius 2 is 1.93 bits per heavy atom. The Morgan fingerprint density at radius 3 is 2.80 bits per heavy atom. The van der Waals surface area contributed by atoms with Gasteiger partial charge >= 0.3 is 0 Å². The fourth-order valence-electron chi connectivity index (χ4n) is 4.47. The summed E-state index contributed by atoms with van der Waals surface area (Å²) in [4.78, 5) is 28.0. The Morgan fingerprint density at radius 1 is 1.13 bits per heavy atom. The Kier molecular flexibility index (Phi) is 4.97. The number of para-hydroxylation sites is 1. The number of nitrogens with zero attached hydrogens (tertiary/aromatic N) is 4. The second-order valence-corrected chi connectivity index (χ2v) is 9.11. The molecular formula is C24H24N4OS. The van der Waals surface area contributed by atoms with Crippen LogP contribution in [0.1, 0.15) is 33.1 Å². The van der Waals surface area contributed by atoms with Crippen molar-refractivity contribution in [2.45, 2.75) is 18.9 Å². The SMILES string of the molecule is CN(C)C(=O)c1sc2ncccc2c1[C@H]1CCN(Cc2cccc3cccnc23)C1. The molecule has 30 heavy (non-hydrogen) atoms. The van der Waals surface area contributed by atoms with Gasteiger partial charge in [-0.2, -0.15) is 0 Å². The molecule has 0 spiro atoms. The summed E-state index contributed by atoms with van der Waals surface area (Å²) in [6, 6.07) is 14.6. The van der Waals surface area contributed by atoms with E-state index in [0.717, 1.165) is 46.7 Å². The van der Waals surface area contributed by atoms with Gasteiger partial charge in [0.1, 0.15) is 4.83 Å². The molecule has 1 aromatic carbocycles. The number of carbonyl (C=O) groups excluding carboxylic acids is 1. The van der Waals surface area contributed by atoms with Crippen LogP contribution in [0.2, 0.25) is 0 Å². The molecular weight excluding hydrogens is 392 g/mol. The molecule has 1 saturated heterocycles. The first kappa shape index (κ1) is 19.2. The van der Waals surface area contributed by atoms with Crippen molar-refractivity contribution in [3.8, 4) is 0 Å². The molecule has 0 N–H and O–H groups in total. The fourth-order valence-corrected chi connectivity index (χ4v) is 5.72. The van der Waals surface area contributed by atoms with E-state index in [1.165, 1.54) is 27.8 Å². The van der Waals surface area contributed by atoms with Crippen molar-refractivity contribution in [2.24, 2.45) is 0 Å². The van der Waals surface area contributed by atoms with Gasteiger partial charge in [0.25, 0.3) is 5.91 Å². The molecule has 0 unspecified atom stereocenters. The van der Waals surface area contributed by atoms with Gasteiger partial charge in [-0.1, -0.05) is 30.3 Å². The molecule has 4 aromatic rings. The standard InChI is InChI=1S/C24H24N4OS/c1-27(2)24(29)22-20(19-9-5-12-26-23(19)30-22)17-10-13-28(14-17)15-18-7-3-6-16-8-4-11-25-21(16)18/h3-9,11-12,17H,10,13-15H2,1-2H3/t17-/m0/s1. The van der Waals surface area contributed by atoms with Crippen LogP contribution in [0.25, 0.3) is 21.1 Å². The van der Waals surface area contributed by atoms with Gasteiger partial charge in [-0.05, 0) is 36.2 Å². The number of aromatic nitrogens is 2. The van der Waals surface area contributed by atoms with Crippen LogP contribution in [0.5, 0.6) is 0 Å². The van der Waals surface area contributed by atoms with Gasteiger partial charge in [-0.25, -0.2) is 4.98 Å². The molecule has 0 bridgehead atoms. The zero-order valence-electron chi connectivity index (χ0n) is 17.2. The summed E-state index contributed by atoms with van der Waals surface area (Å²) in [5, 5.41) is 2.31. The topological polar surface area (TPSA) is 49.3 Å². The Bertz CT molecular complexity index is 1230. The lowest BCUT2D eigenvalue weighted by Gasteiger charge is -2.18. The van der Waals surface area contributed by atoms with Crippen molar-refractivity contribution >= 4 is 38.4 Å². The van der Waals surface area contributed by atoms with E-state index in [-0.39, 0.29) is 5.91 Å². The van der Waals surface area contributed by atoms with Crippen molar-refractivity contribution in [1.82, 2.24) is 19.8 Å². The third-order valence-corrected chi connectivity index (χ3v) is 7.01. The monoisotopic (exact) mass is 416 g/mol. The third-order valence-electron chi connectivity index (χ3n) is 5.90. The number of hydrogen-bond acceptors (Lipinski definition) is 5. The number of likely N-dealkylation sites (tertiary alicyclic amines) is 1. The number of thiophene rings is 1. The molecule has 5 rings (SSSR count). The van der Waals surface area contributed by atoms with Crippen molar-refractivity contribution < 1.29 is 4.79 Å². The van der Waals surface area contributed by atoms with Gasteiger partial charge in [0.15, 0.2) is 0 Å². The average Bonchev–Trinajstić information content (AvgIpc) is 3.37. The van der Waals surface area contributed by atoms with Crippen molar-refractivity contribution in [3.05, 3.63) is 70.9 Å². The minimum atomic E-state index is 0.0738. The third kappa shape index (κ3) is 3.36. The zero-order chi connectivity index (χ0) is 20.7. The zero-order valence-corrected chi connectivity index (χ0v) is 18.0. The van der Waals surface area contributed by atoms with Gasteiger partial charge in [0, 0.05) is 56.3 Å². The van der Waals surface area contributed by atoms with Crippen LogP contribution >= 0.6 is 11.3 Å². The molecule has 6 heteroatoms. The van der Waals surface area contributed by atoms with Crippen LogP contribution in [0, 0.1) is 0 Å². The Hall–Kier alpha value is -2.83. The first-order chi connectivity index (χ1) is 14.6. The van der Waals surface area contributed by atoms with Crippen molar-refractivity contribution in [1.29, 1.82) is 0 Å². The minimum Gasteiger partial charge on any atom is -0.344 e. The molecule has 1 atom stereocenters. The minimum absolute atomic E-state index is 0.0738. The number of amides is 1. The summed E-state index contributed by atoms with van der Waals surface area (Å²) < 4.78 is 0. The van der Waals surface area contributed by atoms with Crippen LogP contribution in [0.15, 0.2) is 54.9 Å². The molecule has 0 saturated carbocycles. The lowest BCUT2D eigenvalue weighted by molar-refractivity contribution is 0.0831. The van der Waals surface area contributed by atoms with Crippen LogP contribution in [0.3, 0.4) is 0 Å². The normalized spacial score (nSPS) is 17.1. The molecule has 1 fully saturated rings. The molecule has 1 aliphatic rings. The molecule has 0 aliphatic carbocycles. The highest BCUT2D eigenvalue weighted by Gasteiger charge is 2.31. The summed E-state index contributed by atoms with van der Waals surface area (Å²) in [5.74, 6) is 0.412. The Balaban J connectivity index is 1.45. The quantitative estimate of drug-likeness (QED) is 0.490. The van der Waals surface area contributed by atoms with Crippen LogP contribution < -0.4 is 0 Å². The fraction of sp³-hybridized carbons (Fsp3) is 0.292. The van der Waals surface area contributed by atoms with Gasteiger partial charge in [-0.3, -0.25) is 14.7 Å². The molecule has 3 aromatic heterocycles. The van der Waals surface area contributed by atoms with Crippen LogP contribution in [-0.2, 0) is 6.54 Å². The van der Waals surface area contributed by atoms with E-state index < -0.39 is 0 Å².